The summed E-state index contributed by atoms with van der Waals surface area (Å²) < 4.78 is 10.2. The molecule has 0 spiro atoms. The Labute approximate surface area is 94.1 Å². The predicted molar refractivity (Wildman–Crippen MR) is 60.8 cm³/mol. The normalized spacial score (nSPS) is 10.4. The molecule has 1 aromatic rings. The first-order valence-electron chi connectivity index (χ1n) is 4.77. The van der Waals surface area contributed by atoms with E-state index in [1.165, 1.54) is 0 Å². The quantitative estimate of drug-likeness (QED) is 0.829. The van der Waals surface area contributed by atoms with Gasteiger partial charge < -0.3 is 14.6 Å². The van der Waals surface area contributed by atoms with Crippen molar-refractivity contribution in [3.05, 3.63) is 29.8 Å². The maximum Gasteiger partial charge on any atom is 0.307 e. The van der Waals surface area contributed by atoms with Crippen molar-refractivity contribution in [3.8, 4) is 11.5 Å². The lowest BCUT2D eigenvalue weighted by atomic mass is 10.1. The molecule has 0 fully saturated rings. The molecule has 0 radical (unpaired) electrons. The molecule has 0 aliphatic heterocycles. The van der Waals surface area contributed by atoms with Crippen LogP contribution in [0.25, 0.3) is 6.08 Å². The topological polar surface area (TPSA) is 55.8 Å². The average molecular weight is 222 g/mol. The molecule has 0 heterocycles. The summed E-state index contributed by atoms with van der Waals surface area (Å²) in [7, 11) is 3.14. The number of hydrogen-bond donors (Lipinski definition) is 1. The van der Waals surface area contributed by atoms with Crippen molar-refractivity contribution in [3.63, 3.8) is 0 Å². The van der Waals surface area contributed by atoms with Gasteiger partial charge in [0.15, 0.2) is 0 Å². The lowest BCUT2D eigenvalue weighted by Crippen LogP contribution is -1.90. The van der Waals surface area contributed by atoms with Gasteiger partial charge in [0, 0.05) is 6.07 Å². The van der Waals surface area contributed by atoms with Crippen LogP contribution in [0.15, 0.2) is 24.3 Å². The molecule has 16 heavy (non-hydrogen) atoms. The Morgan fingerprint density at radius 1 is 1.25 bits per heavy atom. The highest BCUT2D eigenvalue weighted by Gasteiger charge is 1.99. The Morgan fingerprint density at radius 2 is 1.81 bits per heavy atom. The summed E-state index contributed by atoms with van der Waals surface area (Å²) in [5.74, 6) is 0.495. The average Bonchev–Trinajstić information content (AvgIpc) is 2.28. The van der Waals surface area contributed by atoms with E-state index in [1.54, 1.807) is 44.6 Å². The molecule has 0 amide bonds. The van der Waals surface area contributed by atoms with Crippen LogP contribution in [0.4, 0.5) is 0 Å². The highest BCUT2D eigenvalue weighted by atomic mass is 16.5. The summed E-state index contributed by atoms with van der Waals surface area (Å²) in [6.07, 6.45) is 3.30. The zero-order valence-electron chi connectivity index (χ0n) is 9.27. The van der Waals surface area contributed by atoms with Gasteiger partial charge in [-0.3, -0.25) is 4.79 Å². The van der Waals surface area contributed by atoms with Gasteiger partial charge in [-0.1, -0.05) is 12.2 Å². The summed E-state index contributed by atoms with van der Waals surface area (Å²) in [6.45, 7) is 0. The number of ether oxygens (including phenoxy) is 2. The van der Waals surface area contributed by atoms with Gasteiger partial charge in [-0.05, 0) is 17.7 Å². The molecular formula is C12H14O4. The van der Waals surface area contributed by atoms with E-state index in [1.807, 2.05) is 0 Å². The maximum absolute atomic E-state index is 10.3. The van der Waals surface area contributed by atoms with Crippen LogP contribution < -0.4 is 9.47 Å². The number of carboxylic acid groups (broad SMARTS) is 1. The van der Waals surface area contributed by atoms with Gasteiger partial charge in [0.25, 0.3) is 0 Å². The monoisotopic (exact) mass is 222 g/mol. The molecule has 0 aliphatic carbocycles. The smallest absolute Gasteiger partial charge is 0.307 e. The summed E-state index contributed by atoms with van der Waals surface area (Å²) in [4.78, 5) is 10.3. The fraction of sp³-hybridized carbons (Fsp3) is 0.250. The Balaban J connectivity index is 2.86. The zero-order chi connectivity index (χ0) is 12.0. The Kier molecular flexibility index (Phi) is 4.39. The minimum Gasteiger partial charge on any atom is -0.497 e. The first-order chi connectivity index (χ1) is 7.65. The largest absolute Gasteiger partial charge is 0.497 e. The Hall–Kier alpha value is -1.97. The van der Waals surface area contributed by atoms with Gasteiger partial charge in [-0.2, -0.15) is 0 Å². The second-order valence-electron chi connectivity index (χ2n) is 3.15. The molecule has 1 N–H and O–H groups in total. The first-order valence-corrected chi connectivity index (χ1v) is 4.77. The highest BCUT2D eigenvalue weighted by Crippen LogP contribution is 2.23. The van der Waals surface area contributed by atoms with Crippen molar-refractivity contribution < 1.29 is 19.4 Å². The maximum atomic E-state index is 10.3. The molecule has 0 unspecified atom stereocenters. The molecule has 1 aromatic carbocycles. The van der Waals surface area contributed by atoms with E-state index < -0.39 is 5.97 Å². The molecule has 0 aromatic heterocycles. The third kappa shape index (κ3) is 3.65. The van der Waals surface area contributed by atoms with Gasteiger partial charge in [0.05, 0.1) is 20.6 Å². The molecule has 0 saturated heterocycles. The zero-order valence-corrected chi connectivity index (χ0v) is 9.27. The molecule has 86 valence electrons. The van der Waals surface area contributed by atoms with Crippen LogP contribution >= 0.6 is 0 Å². The second kappa shape index (κ2) is 5.80. The van der Waals surface area contributed by atoms with Gasteiger partial charge >= 0.3 is 5.97 Å². The summed E-state index contributed by atoms with van der Waals surface area (Å²) >= 11 is 0. The van der Waals surface area contributed by atoms with Crippen molar-refractivity contribution in [2.24, 2.45) is 0 Å². The third-order valence-corrected chi connectivity index (χ3v) is 1.98. The minimum atomic E-state index is -0.855. The standard InChI is InChI=1S/C12H14O4/c1-15-10-6-9(4-3-5-12(13)14)7-11(8-10)16-2/h3-4,6-8H,5H2,1-2H3,(H,13,14)/b4-3+. The Morgan fingerprint density at radius 3 is 2.25 bits per heavy atom. The number of carbonyl (C=O) groups is 1. The summed E-state index contributed by atoms with van der Waals surface area (Å²) in [6, 6.07) is 5.37. The first kappa shape index (κ1) is 12.1. The van der Waals surface area contributed by atoms with E-state index in [-0.39, 0.29) is 6.42 Å². The lowest BCUT2D eigenvalue weighted by Gasteiger charge is -2.05. The minimum absolute atomic E-state index is 0.000471. The number of hydrogen-bond acceptors (Lipinski definition) is 3. The molecule has 0 saturated carbocycles. The highest BCUT2D eigenvalue weighted by molar-refractivity contribution is 5.70. The van der Waals surface area contributed by atoms with Crippen LogP contribution in [0.1, 0.15) is 12.0 Å². The number of benzene rings is 1. The van der Waals surface area contributed by atoms with Crippen LogP contribution in [-0.2, 0) is 4.79 Å². The Bertz CT molecular complexity index is 374. The number of rotatable bonds is 5. The molecule has 0 atom stereocenters. The SMILES string of the molecule is COc1cc(/C=C/CC(=O)O)cc(OC)c1. The number of aliphatic carboxylic acids is 1. The van der Waals surface area contributed by atoms with Gasteiger partial charge in [0.2, 0.25) is 0 Å². The fourth-order valence-corrected chi connectivity index (χ4v) is 1.22. The molecule has 0 aliphatic rings. The van der Waals surface area contributed by atoms with Crippen molar-refractivity contribution in [2.45, 2.75) is 6.42 Å². The van der Waals surface area contributed by atoms with Crippen molar-refractivity contribution >= 4 is 12.0 Å². The summed E-state index contributed by atoms with van der Waals surface area (Å²) in [5, 5.41) is 8.49. The number of carboxylic acids is 1. The molecule has 1 rings (SSSR count). The van der Waals surface area contributed by atoms with Crippen LogP contribution in [0.5, 0.6) is 11.5 Å². The van der Waals surface area contributed by atoms with Gasteiger partial charge in [-0.15, -0.1) is 0 Å². The van der Waals surface area contributed by atoms with Crippen LogP contribution in [0.2, 0.25) is 0 Å². The van der Waals surface area contributed by atoms with E-state index in [0.29, 0.717) is 11.5 Å². The third-order valence-electron chi connectivity index (χ3n) is 1.98. The summed E-state index contributed by atoms with van der Waals surface area (Å²) in [5.41, 5.74) is 0.845. The van der Waals surface area contributed by atoms with Gasteiger partial charge in [0.1, 0.15) is 11.5 Å². The number of methoxy groups -OCH3 is 2. The van der Waals surface area contributed by atoms with E-state index >= 15 is 0 Å². The van der Waals surface area contributed by atoms with Crippen molar-refractivity contribution in [2.75, 3.05) is 14.2 Å². The van der Waals surface area contributed by atoms with Crippen molar-refractivity contribution in [1.82, 2.24) is 0 Å². The predicted octanol–water partition coefficient (Wildman–Crippen LogP) is 2.19. The van der Waals surface area contributed by atoms with Gasteiger partial charge in [-0.25, -0.2) is 0 Å². The fourth-order valence-electron chi connectivity index (χ4n) is 1.22. The second-order valence-corrected chi connectivity index (χ2v) is 3.15. The van der Waals surface area contributed by atoms with E-state index in [0.717, 1.165) is 5.56 Å². The van der Waals surface area contributed by atoms with Crippen LogP contribution in [-0.4, -0.2) is 25.3 Å². The molecule has 4 nitrogen and oxygen atoms in total. The van der Waals surface area contributed by atoms with E-state index in [9.17, 15) is 4.79 Å². The van der Waals surface area contributed by atoms with Crippen LogP contribution in [0.3, 0.4) is 0 Å². The van der Waals surface area contributed by atoms with E-state index in [2.05, 4.69) is 0 Å². The van der Waals surface area contributed by atoms with Crippen LogP contribution in [0, 0.1) is 0 Å². The molecule has 0 bridgehead atoms. The lowest BCUT2D eigenvalue weighted by molar-refractivity contribution is -0.135. The molecule has 4 heteroatoms. The van der Waals surface area contributed by atoms with E-state index in [4.69, 9.17) is 14.6 Å². The van der Waals surface area contributed by atoms with Crippen molar-refractivity contribution in [1.29, 1.82) is 0 Å². The molecular weight excluding hydrogens is 208 g/mol.